The van der Waals surface area contributed by atoms with E-state index in [2.05, 4.69) is 13.8 Å². The first-order valence-electron chi connectivity index (χ1n) is 6.29. The smallest absolute Gasteiger partial charge is 0.324 e. The van der Waals surface area contributed by atoms with Crippen LogP contribution in [-0.4, -0.2) is 35.6 Å². The van der Waals surface area contributed by atoms with Gasteiger partial charge in [0.2, 0.25) is 0 Å². The van der Waals surface area contributed by atoms with Gasteiger partial charge >= 0.3 is 5.97 Å². The minimum absolute atomic E-state index is 0.576. The molecule has 1 aliphatic carbocycles. The Balaban J connectivity index is 2.75. The van der Waals surface area contributed by atoms with Crippen molar-refractivity contribution >= 4 is 5.97 Å². The van der Waals surface area contributed by atoms with Crippen LogP contribution in [0.3, 0.4) is 0 Å². The molecular weight excluding hydrogens is 202 g/mol. The molecule has 3 heteroatoms. The summed E-state index contributed by atoms with van der Waals surface area (Å²) in [6.45, 7) is 4.43. The second-order valence-electron chi connectivity index (χ2n) is 5.82. The second kappa shape index (κ2) is 5.17. The van der Waals surface area contributed by atoms with E-state index in [-0.39, 0.29) is 0 Å². The van der Waals surface area contributed by atoms with Gasteiger partial charge in [0.15, 0.2) is 0 Å². The third-order valence-electron chi connectivity index (χ3n) is 3.89. The lowest BCUT2D eigenvalue weighted by molar-refractivity contribution is -0.153. The van der Waals surface area contributed by atoms with Crippen LogP contribution in [0.4, 0.5) is 0 Å². The van der Waals surface area contributed by atoms with Crippen molar-refractivity contribution in [2.24, 2.45) is 11.8 Å². The fourth-order valence-corrected chi connectivity index (χ4v) is 3.02. The Bertz CT molecular complexity index is 250. The van der Waals surface area contributed by atoms with Gasteiger partial charge in [-0.25, -0.2) is 0 Å². The molecule has 0 heterocycles. The van der Waals surface area contributed by atoms with Gasteiger partial charge in [-0.05, 0) is 45.2 Å². The molecule has 1 fully saturated rings. The average Bonchev–Trinajstić information content (AvgIpc) is 2.16. The summed E-state index contributed by atoms with van der Waals surface area (Å²) < 4.78 is 0. The summed E-state index contributed by atoms with van der Waals surface area (Å²) in [5.74, 6) is 0.593. The summed E-state index contributed by atoms with van der Waals surface area (Å²) >= 11 is 0. The van der Waals surface area contributed by atoms with E-state index in [1.54, 1.807) is 0 Å². The lowest BCUT2D eigenvalue weighted by Gasteiger charge is -2.42. The zero-order valence-corrected chi connectivity index (χ0v) is 11.0. The molecule has 3 nitrogen and oxygen atoms in total. The van der Waals surface area contributed by atoms with Crippen molar-refractivity contribution in [3.8, 4) is 0 Å². The van der Waals surface area contributed by atoms with Crippen LogP contribution in [0.5, 0.6) is 0 Å². The summed E-state index contributed by atoms with van der Waals surface area (Å²) in [7, 11) is 3.79. The molecule has 0 aromatic rings. The molecule has 1 saturated carbocycles. The van der Waals surface area contributed by atoms with Gasteiger partial charge in [-0.1, -0.05) is 26.7 Å². The zero-order valence-electron chi connectivity index (χ0n) is 11.0. The number of carboxylic acid groups (broad SMARTS) is 1. The number of hydrogen-bond donors (Lipinski definition) is 1. The number of carbonyl (C=O) groups is 1. The molecule has 0 radical (unpaired) electrons. The number of nitrogens with zero attached hydrogens (tertiary/aromatic N) is 1. The van der Waals surface area contributed by atoms with Crippen molar-refractivity contribution < 1.29 is 9.90 Å². The van der Waals surface area contributed by atoms with Gasteiger partial charge in [0, 0.05) is 0 Å². The van der Waals surface area contributed by atoms with Gasteiger partial charge in [0.05, 0.1) is 0 Å². The Hall–Kier alpha value is -0.570. The molecule has 0 saturated heterocycles. The van der Waals surface area contributed by atoms with E-state index in [1.807, 2.05) is 19.0 Å². The van der Waals surface area contributed by atoms with Crippen molar-refractivity contribution in [3.05, 3.63) is 0 Å². The fraction of sp³-hybridized carbons (Fsp3) is 0.923. The van der Waals surface area contributed by atoms with Crippen LogP contribution in [0, 0.1) is 11.8 Å². The Morgan fingerprint density at radius 1 is 1.50 bits per heavy atom. The first kappa shape index (κ1) is 13.5. The molecule has 94 valence electrons. The lowest BCUT2D eigenvalue weighted by Crippen LogP contribution is -2.54. The topological polar surface area (TPSA) is 40.5 Å². The van der Waals surface area contributed by atoms with E-state index >= 15 is 0 Å². The molecule has 2 atom stereocenters. The molecule has 0 bridgehead atoms. The average molecular weight is 227 g/mol. The molecule has 1 N–H and O–H groups in total. The first-order valence-corrected chi connectivity index (χ1v) is 6.29. The molecule has 0 aromatic carbocycles. The van der Waals surface area contributed by atoms with E-state index in [0.29, 0.717) is 11.8 Å². The van der Waals surface area contributed by atoms with Crippen LogP contribution in [0.2, 0.25) is 0 Å². The van der Waals surface area contributed by atoms with Crippen molar-refractivity contribution in [2.45, 2.75) is 51.5 Å². The van der Waals surface area contributed by atoms with Gasteiger partial charge in [-0.2, -0.15) is 0 Å². The Labute approximate surface area is 98.8 Å². The second-order valence-corrected chi connectivity index (χ2v) is 5.82. The van der Waals surface area contributed by atoms with Crippen molar-refractivity contribution in [3.63, 3.8) is 0 Å². The third kappa shape index (κ3) is 2.76. The maximum Gasteiger partial charge on any atom is 0.324 e. The number of hydrogen-bond acceptors (Lipinski definition) is 2. The van der Waals surface area contributed by atoms with Gasteiger partial charge in [-0.3, -0.25) is 9.69 Å². The van der Waals surface area contributed by atoms with E-state index in [1.165, 1.54) is 6.42 Å². The molecule has 0 aromatic heterocycles. The highest BCUT2D eigenvalue weighted by Gasteiger charge is 2.44. The minimum Gasteiger partial charge on any atom is -0.480 e. The number of rotatable bonds is 4. The summed E-state index contributed by atoms with van der Waals surface area (Å²) in [6.07, 6.45) is 5.00. The highest BCUT2D eigenvalue weighted by atomic mass is 16.4. The SMILES string of the molecule is CC(C)CC1CCCC(C(=O)O)(N(C)C)C1. The lowest BCUT2D eigenvalue weighted by atomic mass is 9.72. The molecule has 16 heavy (non-hydrogen) atoms. The van der Waals surface area contributed by atoms with Crippen LogP contribution >= 0.6 is 0 Å². The highest BCUT2D eigenvalue weighted by molar-refractivity contribution is 5.78. The van der Waals surface area contributed by atoms with Gasteiger partial charge < -0.3 is 5.11 Å². The van der Waals surface area contributed by atoms with E-state index in [4.69, 9.17) is 0 Å². The number of aliphatic carboxylic acids is 1. The zero-order chi connectivity index (χ0) is 12.3. The Morgan fingerprint density at radius 2 is 2.12 bits per heavy atom. The quantitative estimate of drug-likeness (QED) is 0.802. The molecule has 0 aliphatic heterocycles. The molecule has 1 rings (SSSR count). The molecule has 0 amide bonds. The van der Waals surface area contributed by atoms with E-state index < -0.39 is 11.5 Å². The summed E-state index contributed by atoms with van der Waals surface area (Å²) in [5.41, 5.74) is -0.613. The van der Waals surface area contributed by atoms with Crippen molar-refractivity contribution in [1.29, 1.82) is 0 Å². The van der Waals surface area contributed by atoms with Crippen LogP contribution in [0.15, 0.2) is 0 Å². The summed E-state index contributed by atoms with van der Waals surface area (Å²) in [4.78, 5) is 13.4. The minimum atomic E-state index is -0.647. The number of likely N-dealkylation sites (N-methyl/N-ethyl adjacent to an activating group) is 1. The van der Waals surface area contributed by atoms with Crippen LogP contribution in [0.25, 0.3) is 0 Å². The van der Waals surface area contributed by atoms with Crippen molar-refractivity contribution in [1.82, 2.24) is 4.90 Å². The predicted molar refractivity (Wildman–Crippen MR) is 65.5 cm³/mol. The molecule has 1 aliphatic rings. The van der Waals surface area contributed by atoms with Gasteiger partial charge in [0.1, 0.15) is 5.54 Å². The predicted octanol–water partition coefficient (Wildman–Crippen LogP) is 2.61. The highest BCUT2D eigenvalue weighted by Crippen LogP contribution is 2.38. The summed E-state index contributed by atoms with van der Waals surface area (Å²) in [6, 6.07) is 0. The standard InChI is InChI=1S/C13H25NO2/c1-10(2)8-11-6-5-7-13(9-11,12(15)16)14(3)4/h10-11H,5-9H2,1-4H3,(H,15,16). The first-order chi connectivity index (χ1) is 7.38. The van der Waals surface area contributed by atoms with Gasteiger partial charge in [0.25, 0.3) is 0 Å². The normalized spacial score (nSPS) is 31.0. The maximum absolute atomic E-state index is 11.5. The van der Waals surface area contributed by atoms with E-state index in [0.717, 1.165) is 25.7 Å². The van der Waals surface area contributed by atoms with Crippen LogP contribution < -0.4 is 0 Å². The molecule has 2 unspecified atom stereocenters. The van der Waals surface area contributed by atoms with E-state index in [9.17, 15) is 9.90 Å². The van der Waals surface area contributed by atoms with Crippen LogP contribution in [0.1, 0.15) is 46.0 Å². The molecular formula is C13H25NO2. The number of carboxylic acids is 1. The fourth-order valence-electron chi connectivity index (χ4n) is 3.02. The monoisotopic (exact) mass is 227 g/mol. The largest absolute Gasteiger partial charge is 0.480 e. The van der Waals surface area contributed by atoms with Crippen LogP contribution in [-0.2, 0) is 4.79 Å². The maximum atomic E-state index is 11.5. The Morgan fingerprint density at radius 3 is 2.56 bits per heavy atom. The van der Waals surface area contributed by atoms with Crippen molar-refractivity contribution in [2.75, 3.05) is 14.1 Å². The summed E-state index contributed by atoms with van der Waals surface area (Å²) in [5, 5.41) is 9.47. The molecule has 0 spiro atoms. The third-order valence-corrected chi connectivity index (χ3v) is 3.89. The van der Waals surface area contributed by atoms with Gasteiger partial charge in [-0.15, -0.1) is 0 Å². The Kier molecular flexibility index (Phi) is 4.36.